The van der Waals surface area contributed by atoms with Crippen molar-refractivity contribution in [2.75, 3.05) is 0 Å². The molecule has 0 spiro atoms. The molecule has 0 radical (unpaired) electrons. The van der Waals surface area contributed by atoms with Gasteiger partial charge in [-0.1, -0.05) is 12.1 Å². The van der Waals surface area contributed by atoms with E-state index in [1.165, 1.54) is 31.2 Å². The van der Waals surface area contributed by atoms with E-state index in [-0.39, 0.29) is 22.2 Å². The molecule has 3 rings (SSSR count). The maximum atomic E-state index is 11.8. The van der Waals surface area contributed by atoms with Crippen LogP contribution in [0.4, 0.5) is 11.4 Å². The van der Waals surface area contributed by atoms with Crippen LogP contribution in [0, 0.1) is 0 Å². The van der Waals surface area contributed by atoms with Crippen LogP contribution < -0.4 is 5.14 Å². The molecule has 0 amide bonds. The van der Waals surface area contributed by atoms with Gasteiger partial charge in [-0.15, -0.1) is 5.11 Å². The molecule has 0 saturated carbocycles. The zero-order valence-electron chi connectivity index (χ0n) is 13.1. The molecular formula is C16H14N4O4S. The van der Waals surface area contributed by atoms with Gasteiger partial charge in [0.1, 0.15) is 0 Å². The van der Waals surface area contributed by atoms with Gasteiger partial charge in [0.25, 0.3) is 0 Å². The van der Waals surface area contributed by atoms with Gasteiger partial charge in [-0.25, -0.2) is 13.6 Å². The number of primary sulfonamides is 1. The smallest absolute Gasteiger partial charge is 0.238 e. The lowest BCUT2D eigenvalue weighted by molar-refractivity contribution is 0.101. The number of carbonyl (C=O) groups is 1. The standard InChI is InChI=1S/C16H14N4O4S/c1-9(21)12-3-2-4-13-14(12)15(16(22)18-13)20-19-10-5-7-11(8-6-10)25(17,23)24/h2-8,18,22H,1H3,(H2,17,23,24). The van der Waals surface area contributed by atoms with Crippen LogP contribution in [-0.2, 0) is 10.0 Å². The van der Waals surface area contributed by atoms with E-state index in [4.69, 9.17) is 5.14 Å². The monoisotopic (exact) mass is 358 g/mol. The Bertz CT molecular complexity index is 1100. The molecule has 0 aliphatic heterocycles. The summed E-state index contributed by atoms with van der Waals surface area (Å²) in [7, 11) is -3.78. The Morgan fingerprint density at radius 2 is 1.80 bits per heavy atom. The first-order valence-electron chi connectivity index (χ1n) is 7.16. The molecular weight excluding hydrogens is 344 g/mol. The molecule has 2 aromatic carbocycles. The number of ketones is 1. The minimum atomic E-state index is -3.78. The highest BCUT2D eigenvalue weighted by atomic mass is 32.2. The second-order valence-corrected chi connectivity index (χ2v) is 6.91. The van der Waals surface area contributed by atoms with E-state index in [0.717, 1.165) is 0 Å². The van der Waals surface area contributed by atoms with Gasteiger partial charge in [-0.3, -0.25) is 4.79 Å². The summed E-state index contributed by atoms with van der Waals surface area (Å²) in [6.45, 7) is 1.42. The third kappa shape index (κ3) is 3.28. The van der Waals surface area contributed by atoms with E-state index < -0.39 is 10.0 Å². The second kappa shape index (κ2) is 6.11. The fourth-order valence-corrected chi connectivity index (χ4v) is 2.93. The van der Waals surface area contributed by atoms with Crippen molar-refractivity contribution >= 4 is 38.1 Å². The molecule has 3 aromatic rings. The Labute approximate surface area is 143 Å². The van der Waals surface area contributed by atoms with Gasteiger partial charge in [-0.05, 0) is 37.3 Å². The zero-order chi connectivity index (χ0) is 18.2. The van der Waals surface area contributed by atoms with E-state index in [2.05, 4.69) is 15.2 Å². The summed E-state index contributed by atoms with van der Waals surface area (Å²) in [5, 5.41) is 23.5. The maximum absolute atomic E-state index is 11.8. The number of aromatic hydroxyl groups is 1. The van der Waals surface area contributed by atoms with Crippen molar-refractivity contribution in [1.29, 1.82) is 0 Å². The van der Waals surface area contributed by atoms with E-state index >= 15 is 0 Å². The predicted octanol–water partition coefficient (Wildman–Crippen LogP) is 3.14. The number of nitrogens with one attached hydrogen (secondary N) is 1. The number of nitrogens with two attached hydrogens (primary N) is 1. The molecule has 0 saturated heterocycles. The highest BCUT2D eigenvalue weighted by Gasteiger charge is 2.16. The largest absolute Gasteiger partial charge is 0.493 e. The summed E-state index contributed by atoms with van der Waals surface area (Å²) >= 11 is 0. The Kier molecular flexibility index (Phi) is 4.11. The Balaban J connectivity index is 2.04. The van der Waals surface area contributed by atoms with Crippen molar-refractivity contribution in [2.45, 2.75) is 11.8 Å². The van der Waals surface area contributed by atoms with Crippen molar-refractivity contribution in [3.05, 3.63) is 48.0 Å². The lowest BCUT2D eigenvalue weighted by Gasteiger charge is -2.00. The number of azo groups is 1. The van der Waals surface area contributed by atoms with Gasteiger partial charge in [0.2, 0.25) is 15.9 Å². The molecule has 1 heterocycles. The SMILES string of the molecule is CC(=O)c1cccc2[nH]c(O)c(N=Nc3ccc(S(N)(=O)=O)cc3)c12. The van der Waals surface area contributed by atoms with E-state index in [1.54, 1.807) is 18.2 Å². The molecule has 25 heavy (non-hydrogen) atoms. The summed E-state index contributed by atoms with van der Waals surface area (Å²) in [5.41, 5.74) is 1.47. The number of benzene rings is 2. The van der Waals surface area contributed by atoms with Crippen LogP contribution >= 0.6 is 0 Å². The highest BCUT2D eigenvalue weighted by molar-refractivity contribution is 7.89. The van der Waals surface area contributed by atoms with E-state index in [1.807, 2.05) is 0 Å². The zero-order valence-corrected chi connectivity index (χ0v) is 13.9. The number of rotatable bonds is 4. The molecule has 0 bridgehead atoms. The van der Waals surface area contributed by atoms with Crippen LogP contribution in [0.5, 0.6) is 5.88 Å². The van der Waals surface area contributed by atoms with Crippen LogP contribution in [-0.4, -0.2) is 24.3 Å². The van der Waals surface area contributed by atoms with E-state index in [9.17, 15) is 18.3 Å². The van der Waals surface area contributed by atoms with Crippen LogP contribution in [0.2, 0.25) is 0 Å². The number of hydrogen-bond donors (Lipinski definition) is 3. The first kappa shape index (κ1) is 16.8. The quantitative estimate of drug-likeness (QED) is 0.487. The van der Waals surface area contributed by atoms with Gasteiger partial charge >= 0.3 is 0 Å². The van der Waals surface area contributed by atoms with Crippen LogP contribution in [0.3, 0.4) is 0 Å². The van der Waals surface area contributed by atoms with Gasteiger partial charge in [0.15, 0.2) is 11.5 Å². The number of aromatic nitrogens is 1. The van der Waals surface area contributed by atoms with E-state index in [0.29, 0.717) is 22.2 Å². The topological polar surface area (TPSA) is 138 Å². The predicted molar refractivity (Wildman–Crippen MR) is 92.0 cm³/mol. The highest BCUT2D eigenvalue weighted by Crippen LogP contribution is 2.38. The number of hydrogen-bond acceptors (Lipinski definition) is 6. The lowest BCUT2D eigenvalue weighted by atomic mass is 10.1. The number of aromatic amines is 1. The number of H-pyrrole nitrogens is 1. The molecule has 0 unspecified atom stereocenters. The molecule has 128 valence electrons. The Hall–Kier alpha value is -3.04. The minimum absolute atomic E-state index is 0.0414. The van der Waals surface area contributed by atoms with Crippen LogP contribution in [0.25, 0.3) is 10.9 Å². The maximum Gasteiger partial charge on any atom is 0.238 e. The van der Waals surface area contributed by atoms with Crippen molar-refractivity contribution in [3.8, 4) is 5.88 Å². The first-order chi connectivity index (χ1) is 11.8. The molecule has 0 aliphatic carbocycles. The number of nitrogens with zero attached hydrogens (tertiary/aromatic N) is 2. The summed E-state index contributed by atoms with van der Waals surface area (Å²) < 4.78 is 22.5. The molecule has 0 aliphatic rings. The van der Waals surface area contributed by atoms with Crippen LogP contribution in [0.15, 0.2) is 57.6 Å². The summed E-state index contributed by atoms with van der Waals surface area (Å²) in [4.78, 5) is 14.5. The first-order valence-corrected chi connectivity index (χ1v) is 8.71. The minimum Gasteiger partial charge on any atom is -0.493 e. The van der Waals surface area contributed by atoms with Crippen molar-refractivity contribution in [1.82, 2.24) is 4.98 Å². The number of sulfonamides is 1. The van der Waals surface area contributed by atoms with Gasteiger partial charge < -0.3 is 10.1 Å². The van der Waals surface area contributed by atoms with Crippen molar-refractivity contribution in [3.63, 3.8) is 0 Å². The lowest BCUT2D eigenvalue weighted by Crippen LogP contribution is -2.11. The molecule has 8 nitrogen and oxygen atoms in total. The third-order valence-electron chi connectivity index (χ3n) is 3.59. The van der Waals surface area contributed by atoms with Crippen molar-refractivity contribution < 1.29 is 18.3 Å². The van der Waals surface area contributed by atoms with Gasteiger partial charge in [-0.2, -0.15) is 5.11 Å². The van der Waals surface area contributed by atoms with Crippen molar-refractivity contribution in [2.24, 2.45) is 15.4 Å². The Morgan fingerprint density at radius 1 is 1.12 bits per heavy atom. The fraction of sp³-hybridized carbons (Fsp3) is 0.0625. The molecule has 4 N–H and O–H groups in total. The average molecular weight is 358 g/mol. The molecule has 9 heteroatoms. The second-order valence-electron chi connectivity index (χ2n) is 5.35. The summed E-state index contributed by atoms with van der Waals surface area (Å²) in [5.74, 6) is -0.382. The normalized spacial score (nSPS) is 12.1. The number of carbonyl (C=O) groups excluding carboxylic acids is 1. The fourth-order valence-electron chi connectivity index (χ4n) is 2.42. The molecule has 1 aromatic heterocycles. The number of Topliss-reactive ketones (excluding diaryl/α,β-unsaturated/α-hetero) is 1. The number of fused-ring (bicyclic) bond motifs is 1. The molecule has 0 atom stereocenters. The Morgan fingerprint density at radius 3 is 2.40 bits per heavy atom. The summed E-state index contributed by atoms with van der Waals surface area (Å²) in [6, 6.07) is 10.5. The molecule has 0 fully saturated rings. The van der Waals surface area contributed by atoms with Gasteiger partial charge in [0, 0.05) is 10.9 Å². The third-order valence-corrected chi connectivity index (χ3v) is 4.52. The van der Waals surface area contributed by atoms with Gasteiger partial charge in [0.05, 0.1) is 16.1 Å². The average Bonchev–Trinajstić information content (AvgIpc) is 2.87. The van der Waals surface area contributed by atoms with Crippen LogP contribution in [0.1, 0.15) is 17.3 Å². The summed E-state index contributed by atoms with van der Waals surface area (Å²) in [6.07, 6.45) is 0.